The minimum atomic E-state index is -0.0313. The van der Waals surface area contributed by atoms with Gasteiger partial charge in [0.2, 0.25) is 0 Å². The van der Waals surface area contributed by atoms with Gasteiger partial charge in [-0.15, -0.1) is 0 Å². The number of fused-ring (bicyclic) bond motifs is 2. The Morgan fingerprint density at radius 3 is 1.92 bits per heavy atom. The van der Waals surface area contributed by atoms with Gasteiger partial charge in [-0.25, -0.2) is 0 Å². The first kappa shape index (κ1) is 15.0. The Morgan fingerprint density at radius 1 is 1.23 bits per heavy atom. The molecule has 0 unspecified atom stereocenters. The largest absolute Gasteiger partial charge is 1.00 e. The van der Waals surface area contributed by atoms with Crippen LogP contribution in [0.4, 0.5) is 0 Å². The van der Waals surface area contributed by atoms with E-state index in [4.69, 9.17) is 0 Å². The minimum Gasteiger partial charge on any atom is -1.00 e. The molecule has 68 valence electrons. The predicted molar refractivity (Wildman–Crippen MR) is 47.5 cm³/mol. The molecular weight excluding hydrogens is 182 g/mol. The van der Waals surface area contributed by atoms with E-state index in [9.17, 15) is 5.11 Å². The first-order valence-electron chi connectivity index (χ1n) is 4.66. The number of aliphatic hydroxyl groups excluding tert-OH is 1. The SMILES string of the molecule is CC1(C)[C@@H]2CC[C@]1(C)[C@@H](O)C2.[H-].[H-].[Na+].[Na+]. The van der Waals surface area contributed by atoms with Crippen molar-refractivity contribution in [1.29, 1.82) is 0 Å². The van der Waals surface area contributed by atoms with E-state index in [2.05, 4.69) is 20.8 Å². The molecule has 3 heteroatoms. The van der Waals surface area contributed by atoms with Crippen molar-refractivity contribution in [2.45, 2.75) is 46.1 Å². The summed E-state index contributed by atoms with van der Waals surface area (Å²) in [5.74, 6) is 0.780. The maximum atomic E-state index is 9.81. The average Bonchev–Trinajstić information content (AvgIpc) is 2.20. The second-order valence-corrected chi connectivity index (χ2v) is 5.13. The quantitative estimate of drug-likeness (QED) is 0.403. The fraction of sp³-hybridized carbons (Fsp3) is 1.00. The van der Waals surface area contributed by atoms with Gasteiger partial charge >= 0.3 is 59.1 Å². The molecule has 2 bridgehead atoms. The molecule has 2 rings (SSSR count). The van der Waals surface area contributed by atoms with Gasteiger partial charge in [0.1, 0.15) is 0 Å². The Morgan fingerprint density at radius 2 is 1.77 bits per heavy atom. The molecule has 13 heavy (non-hydrogen) atoms. The summed E-state index contributed by atoms with van der Waals surface area (Å²) in [7, 11) is 0. The van der Waals surface area contributed by atoms with Crippen LogP contribution in [0.15, 0.2) is 0 Å². The summed E-state index contributed by atoms with van der Waals surface area (Å²) in [6, 6.07) is 0. The first-order chi connectivity index (χ1) is 4.98. The van der Waals surface area contributed by atoms with Gasteiger partial charge in [-0.2, -0.15) is 0 Å². The van der Waals surface area contributed by atoms with Crippen molar-refractivity contribution in [1.82, 2.24) is 0 Å². The molecule has 0 saturated heterocycles. The molecule has 0 aromatic carbocycles. The second kappa shape index (κ2) is 4.45. The van der Waals surface area contributed by atoms with Gasteiger partial charge in [0.05, 0.1) is 6.10 Å². The summed E-state index contributed by atoms with van der Waals surface area (Å²) in [6.45, 7) is 6.90. The van der Waals surface area contributed by atoms with E-state index in [0.717, 1.165) is 12.3 Å². The minimum absolute atomic E-state index is 0. The molecule has 0 spiro atoms. The monoisotopic (exact) mass is 202 g/mol. The Bertz CT molecular complexity index is 202. The molecule has 3 atom stereocenters. The number of hydrogen-bond acceptors (Lipinski definition) is 1. The molecule has 0 radical (unpaired) electrons. The molecule has 0 aromatic rings. The molecule has 0 aliphatic heterocycles. The first-order valence-corrected chi connectivity index (χ1v) is 4.66. The third-order valence-electron chi connectivity index (χ3n) is 4.75. The Kier molecular flexibility index (Phi) is 5.12. The summed E-state index contributed by atoms with van der Waals surface area (Å²) in [5, 5.41) is 9.81. The van der Waals surface area contributed by atoms with Gasteiger partial charge in [-0.3, -0.25) is 0 Å². The van der Waals surface area contributed by atoms with Crippen molar-refractivity contribution in [2.75, 3.05) is 0 Å². The Labute approximate surface area is 129 Å². The number of hydrogen-bond donors (Lipinski definition) is 1. The molecule has 2 aliphatic carbocycles. The summed E-state index contributed by atoms with van der Waals surface area (Å²) in [6.07, 6.45) is 3.58. The maximum absolute atomic E-state index is 9.81. The van der Waals surface area contributed by atoms with E-state index in [1.54, 1.807) is 0 Å². The van der Waals surface area contributed by atoms with Gasteiger partial charge < -0.3 is 7.96 Å². The summed E-state index contributed by atoms with van der Waals surface area (Å²) >= 11 is 0. The second-order valence-electron chi connectivity index (χ2n) is 5.13. The summed E-state index contributed by atoms with van der Waals surface area (Å²) in [5.41, 5.74) is 0.601. The van der Waals surface area contributed by atoms with E-state index in [1.165, 1.54) is 12.8 Å². The zero-order valence-corrected chi connectivity index (χ0v) is 13.7. The van der Waals surface area contributed by atoms with Crippen LogP contribution in [0, 0.1) is 16.7 Å². The zero-order chi connectivity index (χ0) is 8.28. The third kappa shape index (κ3) is 1.84. The maximum Gasteiger partial charge on any atom is 1.00 e. The summed E-state index contributed by atoms with van der Waals surface area (Å²) < 4.78 is 0. The van der Waals surface area contributed by atoms with Crippen molar-refractivity contribution in [3.05, 3.63) is 0 Å². The topological polar surface area (TPSA) is 20.2 Å². The smallest absolute Gasteiger partial charge is 1.00 e. The van der Waals surface area contributed by atoms with Crippen LogP contribution in [0.1, 0.15) is 42.9 Å². The molecule has 0 amide bonds. The van der Waals surface area contributed by atoms with Gasteiger partial charge in [-0.05, 0) is 36.0 Å². The van der Waals surface area contributed by atoms with Crippen molar-refractivity contribution < 1.29 is 67.1 Å². The number of aliphatic hydroxyl groups is 1. The van der Waals surface area contributed by atoms with Gasteiger partial charge in [0.15, 0.2) is 0 Å². The molecule has 2 saturated carbocycles. The average molecular weight is 202 g/mol. The van der Waals surface area contributed by atoms with Crippen molar-refractivity contribution in [3.63, 3.8) is 0 Å². The van der Waals surface area contributed by atoms with Crippen LogP contribution in [0.5, 0.6) is 0 Å². The Hall–Kier alpha value is 1.96. The van der Waals surface area contributed by atoms with E-state index in [0.29, 0.717) is 5.41 Å². The fourth-order valence-electron chi connectivity index (χ4n) is 3.16. The van der Waals surface area contributed by atoms with Gasteiger partial charge in [-0.1, -0.05) is 20.8 Å². The molecule has 1 nitrogen and oxygen atoms in total. The van der Waals surface area contributed by atoms with Crippen molar-refractivity contribution in [2.24, 2.45) is 16.7 Å². The molecular formula is C10H20Na2O. The third-order valence-corrected chi connectivity index (χ3v) is 4.75. The van der Waals surface area contributed by atoms with E-state index in [1.807, 2.05) is 0 Å². The number of rotatable bonds is 0. The van der Waals surface area contributed by atoms with Crippen LogP contribution in [-0.2, 0) is 0 Å². The Balaban J connectivity index is -0.000000360. The van der Waals surface area contributed by atoms with Crippen molar-refractivity contribution >= 4 is 0 Å². The molecule has 1 N–H and O–H groups in total. The zero-order valence-electron chi connectivity index (χ0n) is 11.7. The van der Waals surface area contributed by atoms with E-state index >= 15 is 0 Å². The van der Waals surface area contributed by atoms with Crippen LogP contribution < -0.4 is 59.1 Å². The van der Waals surface area contributed by atoms with E-state index in [-0.39, 0.29) is 73.5 Å². The fourth-order valence-corrected chi connectivity index (χ4v) is 3.16. The van der Waals surface area contributed by atoms with Crippen LogP contribution in [0.2, 0.25) is 0 Å². The predicted octanol–water partition coefficient (Wildman–Crippen LogP) is -3.57. The molecule has 0 heterocycles. The normalized spacial score (nSPS) is 45.2. The van der Waals surface area contributed by atoms with Gasteiger partial charge in [0.25, 0.3) is 0 Å². The summed E-state index contributed by atoms with van der Waals surface area (Å²) in [4.78, 5) is 0. The van der Waals surface area contributed by atoms with Crippen molar-refractivity contribution in [3.8, 4) is 0 Å². The van der Waals surface area contributed by atoms with Crippen LogP contribution >= 0.6 is 0 Å². The van der Waals surface area contributed by atoms with E-state index < -0.39 is 0 Å². The van der Waals surface area contributed by atoms with Gasteiger partial charge in [0, 0.05) is 0 Å². The molecule has 0 aromatic heterocycles. The standard InChI is InChI=1S/C10H18O.2Na.2H/c1-9(2)7-4-5-10(9,3)8(11)6-7;;;;/h7-8,11H,4-6H2,1-3H3;;;;/q;2*+1;2*-1/t7-,8+,10-;;;;/m1..../s1. The van der Waals surface area contributed by atoms with Crippen LogP contribution in [0.25, 0.3) is 0 Å². The van der Waals surface area contributed by atoms with Crippen LogP contribution in [0.3, 0.4) is 0 Å². The molecule has 2 aliphatic rings. The van der Waals surface area contributed by atoms with Crippen LogP contribution in [-0.4, -0.2) is 11.2 Å². The molecule has 2 fully saturated rings.